The minimum absolute atomic E-state index is 0.131. The van der Waals surface area contributed by atoms with Crippen molar-refractivity contribution in [1.82, 2.24) is 4.90 Å². The molecular formula is C14H25NO10. The average Bonchev–Trinajstić information content (AvgIpc) is 2.59. The number of rotatable bonds is 7. The number of aliphatic hydroxyl groups is 6. The maximum Gasteiger partial charge on any atom is 0.417 e. The number of imide groups is 1. The van der Waals surface area contributed by atoms with Gasteiger partial charge in [-0.15, -0.1) is 0 Å². The molecule has 0 saturated carbocycles. The van der Waals surface area contributed by atoms with E-state index in [4.69, 9.17) is 24.8 Å². The SMILES string of the molecule is CCCC(=O)N(C(=O)OC(CO)CO)C1C(O)O[C@H](CO)[C@@H](O)[C@@H]1O. The van der Waals surface area contributed by atoms with Gasteiger partial charge in [0.2, 0.25) is 5.91 Å². The van der Waals surface area contributed by atoms with Gasteiger partial charge in [-0.3, -0.25) is 4.79 Å². The first-order chi connectivity index (χ1) is 11.8. The Labute approximate surface area is 144 Å². The zero-order valence-electron chi connectivity index (χ0n) is 13.8. The van der Waals surface area contributed by atoms with Gasteiger partial charge >= 0.3 is 6.09 Å². The Morgan fingerprint density at radius 1 is 1.12 bits per heavy atom. The second kappa shape index (κ2) is 9.97. The van der Waals surface area contributed by atoms with Gasteiger partial charge in [0.1, 0.15) is 30.5 Å². The summed E-state index contributed by atoms with van der Waals surface area (Å²) in [6.07, 6.45) is -9.09. The topological polar surface area (TPSA) is 177 Å². The van der Waals surface area contributed by atoms with Gasteiger partial charge in [0.15, 0.2) is 6.29 Å². The first-order valence-electron chi connectivity index (χ1n) is 7.87. The van der Waals surface area contributed by atoms with Crippen molar-refractivity contribution in [2.45, 2.75) is 56.5 Å². The summed E-state index contributed by atoms with van der Waals surface area (Å²) >= 11 is 0. The highest BCUT2D eigenvalue weighted by molar-refractivity contribution is 5.92. The van der Waals surface area contributed by atoms with E-state index in [1.165, 1.54) is 0 Å². The van der Waals surface area contributed by atoms with Crippen LogP contribution in [0.3, 0.4) is 0 Å². The molecule has 0 spiro atoms. The quantitative estimate of drug-likeness (QED) is 0.270. The number of nitrogens with zero attached hydrogens (tertiary/aromatic N) is 1. The Bertz CT molecular complexity index is 443. The van der Waals surface area contributed by atoms with Crippen LogP contribution < -0.4 is 0 Å². The fourth-order valence-electron chi connectivity index (χ4n) is 2.42. The lowest BCUT2D eigenvalue weighted by molar-refractivity contribution is -0.267. The van der Waals surface area contributed by atoms with Gasteiger partial charge in [-0.25, -0.2) is 9.69 Å². The van der Waals surface area contributed by atoms with E-state index in [1.54, 1.807) is 6.92 Å². The van der Waals surface area contributed by atoms with Crippen LogP contribution in [0.2, 0.25) is 0 Å². The monoisotopic (exact) mass is 367 g/mol. The molecule has 0 aromatic carbocycles. The third-order valence-corrected chi connectivity index (χ3v) is 3.77. The standard InChI is InChI=1S/C14H25NO10/c1-2-3-9(19)15(14(23)24-7(4-16)5-17)10-12(21)11(20)8(6-18)25-13(10)22/h7-8,10-13,16-18,20-22H,2-6H2,1H3/t8-,10?,11-,12-,13?/m1/s1. The number of hydrogen-bond donors (Lipinski definition) is 6. The summed E-state index contributed by atoms with van der Waals surface area (Å²) in [4.78, 5) is 25.0. The molecule has 1 saturated heterocycles. The Balaban J connectivity index is 3.09. The van der Waals surface area contributed by atoms with Gasteiger partial charge in [-0.2, -0.15) is 0 Å². The predicted octanol–water partition coefficient (Wildman–Crippen LogP) is -3.10. The van der Waals surface area contributed by atoms with Crippen LogP contribution in [0.25, 0.3) is 0 Å². The summed E-state index contributed by atoms with van der Waals surface area (Å²) in [6, 6.07) is -1.69. The Morgan fingerprint density at radius 3 is 2.20 bits per heavy atom. The van der Waals surface area contributed by atoms with Gasteiger partial charge in [0.05, 0.1) is 19.8 Å². The maximum atomic E-state index is 12.3. The molecule has 25 heavy (non-hydrogen) atoms. The number of carbonyl (C=O) groups excluding carboxylic acids is 2. The molecule has 0 radical (unpaired) electrons. The fraction of sp³-hybridized carbons (Fsp3) is 0.857. The molecule has 11 nitrogen and oxygen atoms in total. The molecule has 1 aliphatic rings. The normalized spacial score (nSPS) is 29.5. The zero-order chi connectivity index (χ0) is 19.1. The second-order valence-corrected chi connectivity index (χ2v) is 5.60. The van der Waals surface area contributed by atoms with Gasteiger partial charge in [-0.1, -0.05) is 6.92 Å². The molecule has 6 N–H and O–H groups in total. The molecule has 0 aromatic heterocycles. The summed E-state index contributed by atoms with van der Waals surface area (Å²) < 4.78 is 9.72. The first-order valence-corrected chi connectivity index (χ1v) is 7.87. The van der Waals surface area contributed by atoms with Crippen LogP contribution >= 0.6 is 0 Å². The van der Waals surface area contributed by atoms with Crippen molar-refractivity contribution in [2.75, 3.05) is 19.8 Å². The van der Waals surface area contributed by atoms with Crippen LogP contribution in [0, 0.1) is 0 Å². The number of hydrogen-bond acceptors (Lipinski definition) is 10. The third-order valence-electron chi connectivity index (χ3n) is 3.77. The van der Waals surface area contributed by atoms with E-state index < -0.39 is 68.6 Å². The minimum atomic E-state index is -1.88. The van der Waals surface area contributed by atoms with Crippen molar-refractivity contribution in [2.24, 2.45) is 0 Å². The Morgan fingerprint density at radius 2 is 1.72 bits per heavy atom. The average molecular weight is 367 g/mol. The third kappa shape index (κ3) is 5.07. The first kappa shape index (κ1) is 21.7. The number of aliphatic hydroxyl groups excluding tert-OH is 6. The highest BCUT2D eigenvalue weighted by atomic mass is 16.6. The van der Waals surface area contributed by atoms with E-state index in [0.29, 0.717) is 11.3 Å². The van der Waals surface area contributed by atoms with Crippen LogP contribution in [0.15, 0.2) is 0 Å². The molecule has 2 unspecified atom stereocenters. The lowest BCUT2D eigenvalue weighted by atomic mass is 9.95. The molecule has 146 valence electrons. The van der Waals surface area contributed by atoms with E-state index in [1.807, 2.05) is 0 Å². The fourth-order valence-corrected chi connectivity index (χ4v) is 2.42. The van der Waals surface area contributed by atoms with Crippen LogP contribution in [0.5, 0.6) is 0 Å². The van der Waals surface area contributed by atoms with Crippen LogP contribution in [0.1, 0.15) is 19.8 Å². The van der Waals surface area contributed by atoms with E-state index in [-0.39, 0.29) is 6.42 Å². The molecule has 0 aliphatic carbocycles. The Hall–Kier alpha value is -1.34. The van der Waals surface area contributed by atoms with Crippen molar-refractivity contribution < 1.29 is 49.7 Å². The van der Waals surface area contributed by atoms with Crippen molar-refractivity contribution in [3.05, 3.63) is 0 Å². The lowest BCUT2D eigenvalue weighted by Crippen LogP contribution is -2.66. The smallest absolute Gasteiger partial charge is 0.417 e. The van der Waals surface area contributed by atoms with E-state index in [0.717, 1.165) is 0 Å². The molecule has 1 fully saturated rings. The maximum absolute atomic E-state index is 12.3. The molecule has 5 atom stereocenters. The highest BCUT2D eigenvalue weighted by Crippen LogP contribution is 2.25. The summed E-state index contributed by atoms with van der Waals surface area (Å²) in [7, 11) is 0. The van der Waals surface area contributed by atoms with Crippen molar-refractivity contribution in [1.29, 1.82) is 0 Å². The predicted molar refractivity (Wildman–Crippen MR) is 80.0 cm³/mol. The Kier molecular flexibility index (Phi) is 8.65. The highest BCUT2D eigenvalue weighted by Gasteiger charge is 2.50. The molecule has 0 bridgehead atoms. The van der Waals surface area contributed by atoms with E-state index >= 15 is 0 Å². The van der Waals surface area contributed by atoms with Crippen molar-refractivity contribution in [3.8, 4) is 0 Å². The molecule has 1 aliphatic heterocycles. The van der Waals surface area contributed by atoms with E-state index in [2.05, 4.69) is 0 Å². The largest absolute Gasteiger partial charge is 0.441 e. The summed E-state index contributed by atoms with van der Waals surface area (Å²) in [5, 5.41) is 57.2. The van der Waals surface area contributed by atoms with Crippen LogP contribution in [-0.2, 0) is 14.3 Å². The summed E-state index contributed by atoms with van der Waals surface area (Å²) in [6.45, 7) is -0.460. The molecule has 1 heterocycles. The van der Waals surface area contributed by atoms with Crippen molar-refractivity contribution >= 4 is 12.0 Å². The molecule has 11 heteroatoms. The van der Waals surface area contributed by atoms with Crippen LogP contribution in [0.4, 0.5) is 4.79 Å². The number of ether oxygens (including phenoxy) is 2. The molecule has 2 amide bonds. The van der Waals surface area contributed by atoms with Crippen molar-refractivity contribution in [3.63, 3.8) is 0 Å². The van der Waals surface area contributed by atoms with Gasteiger partial charge in [-0.05, 0) is 6.42 Å². The second-order valence-electron chi connectivity index (χ2n) is 5.60. The summed E-state index contributed by atoms with van der Waals surface area (Å²) in [5.41, 5.74) is 0. The molecular weight excluding hydrogens is 342 g/mol. The van der Waals surface area contributed by atoms with Gasteiger partial charge in [0, 0.05) is 6.42 Å². The minimum Gasteiger partial charge on any atom is -0.441 e. The summed E-state index contributed by atoms with van der Waals surface area (Å²) in [5.74, 6) is -0.816. The number of amides is 2. The van der Waals surface area contributed by atoms with Crippen LogP contribution in [-0.4, -0.2) is 104 Å². The van der Waals surface area contributed by atoms with Gasteiger partial charge in [0.25, 0.3) is 0 Å². The zero-order valence-corrected chi connectivity index (χ0v) is 13.8. The molecule has 0 aromatic rings. The number of carbonyl (C=O) groups is 2. The van der Waals surface area contributed by atoms with E-state index in [9.17, 15) is 24.9 Å². The van der Waals surface area contributed by atoms with Gasteiger partial charge < -0.3 is 40.1 Å². The molecule has 1 rings (SSSR count). The lowest BCUT2D eigenvalue weighted by Gasteiger charge is -2.43.